The van der Waals surface area contributed by atoms with Crippen LogP contribution in [-0.2, 0) is 56.1 Å². The first-order valence-corrected chi connectivity index (χ1v) is 21.0. The Kier molecular flexibility index (Phi) is 21.1. The summed E-state index contributed by atoms with van der Waals surface area (Å²) >= 11 is 0. The summed E-state index contributed by atoms with van der Waals surface area (Å²) in [5.41, 5.74) is 8.10. The number of aliphatic hydroxyl groups is 1. The second kappa shape index (κ2) is 26.7. The summed E-state index contributed by atoms with van der Waals surface area (Å²) in [6.07, 6.45) is 3.04. The molecular weight excluding hydrogens is 753 g/mol. The molecule has 0 aliphatic carbocycles. The molecule has 60 heavy (non-hydrogen) atoms. The van der Waals surface area contributed by atoms with Crippen LogP contribution in [-0.4, -0.2) is 72.7 Å². The number of phenolic OH excluding ortho intramolecular Hbond substituents is 1. The van der Waals surface area contributed by atoms with Crippen molar-refractivity contribution in [1.29, 1.82) is 0 Å². The molecule has 0 aliphatic rings. The van der Waals surface area contributed by atoms with Gasteiger partial charge in [0.1, 0.15) is 5.75 Å². The van der Waals surface area contributed by atoms with E-state index in [1.165, 1.54) is 22.3 Å². The van der Waals surface area contributed by atoms with Crippen LogP contribution in [0.15, 0.2) is 133 Å². The lowest BCUT2D eigenvalue weighted by Gasteiger charge is -2.21. The second-order valence-corrected chi connectivity index (χ2v) is 15.6. The fourth-order valence-electron chi connectivity index (χ4n) is 6.36. The number of rotatable bonds is 23. The van der Waals surface area contributed by atoms with Gasteiger partial charge in [-0.2, -0.15) is 0 Å². The highest BCUT2D eigenvalue weighted by Crippen LogP contribution is 2.13. The zero-order valence-corrected chi connectivity index (χ0v) is 35.7. The number of hydrogen-bond acceptors (Lipinski definition) is 7. The molecule has 0 radical (unpaired) electrons. The SMILES string of the molecule is CC(O)COCC(Cc1ccc(O)cc1)NC(=O)CCc1ccccc1.Cc1ccc(COC(C)COCC(Cc2ccc(C)cc2)NC(=O)CCc2ccccc2)cc1. The summed E-state index contributed by atoms with van der Waals surface area (Å²) in [6.45, 7) is 9.87. The average molecular weight is 817 g/mol. The van der Waals surface area contributed by atoms with Gasteiger partial charge in [-0.25, -0.2) is 0 Å². The molecule has 0 saturated heterocycles. The van der Waals surface area contributed by atoms with Crippen molar-refractivity contribution in [2.75, 3.05) is 26.4 Å². The number of aromatic hydroxyl groups is 1. The summed E-state index contributed by atoms with van der Waals surface area (Å²) in [6, 6.07) is 43.4. The van der Waals surface area contributed by atoms with Crippen molar-refractivity contribution in [3.63, 3.8) is 0 Å². The fourth-order valence-corrected chi connectivity index (χ4v) is 6.36. The van der Waals surface area contributed by atoms with Gasteiger partial charge < -0.3 is 35.1 Å². The van der Waals surface area contributed by atoms with E-state index in [0.717, 1.165) is 29.5 Å². The Morgan fingerprint density at radius 1 is 0.533 bits per heavy atom. The number of carbonyl (C=O) groups is 2. The Balaban J connectivity index is 0.000000275. The fraction of sp³-hybridized carbons (Fsp3) is 0.373. The predicted octanol–water partition coefficient (Wildman–Crippen LogP) is 8.04. The summed E-state index contributed by atoms with van der Waals surface area (Å²) in [5, 5.41) is 24.9. The molecular formula is C51H64N2O7. The quantitative estimate of drug-likeness (QED) is 0.0526. The van der Waals surface area contributed by atoms with Gasteiger partial charge in [0, 0.05) is 12.8 Å². The van der Waals surface area contributed by atoms with E-state index in [1.807, 2.05) is 67.6 Å². The lowest BCUT2D eigenvalue weighted by molar-refractivity contribution is -0.123. The molecule has 5 aromatic carbocycles. The molecule has 5 rings (SSSR count). The van der Waals surface area contributed by atoms with Gasteiger partial charge in [-0.15, -0.1) is 0 Å². The smallest absolute Gasteiger partial charge is 0.220 e. The van der Waals surface area contributed by atoms with E-state index in [9.17, 15) is 19.8 Å². The Bertz CT molecular complexity index is 1920. The third-order valence-electron chi connectivity index (χ3n) is 9.72. The second-order valence-electron chi connectivity index (χ2n) is 15.6. The van der Waals surface area contributed by atoms with E-state index in [-0.39, 0.29) is 42.4 Å². The molecule has 5 aromatic rings. The van der Waals surface area contributed by atoms with E-state index in [0.29, 0.717) is 52.1 Å². The van der Waals surface area contributed by atoms with Gasteiger partial charge in [0.25, 0.3) is 0 Å². The highest BCUT2D eigenvalue weighted by Gasteiger charge is 2.16. The van der Waals surface area contributed by atoms with Gasteiger partial charge in [0.2, 0.25) is 11.8 Å². The van der Waals surface area contributed by atoms with E-state index < -0.39 is 6.10 Å². The van der Waals surface area contributed by atoms with Gasteiger partial charge in [0.15, 0.2) is 0 Å². The van der Waals surface area contributed by atoms with Crippen LogP contribution in [0.2, 0.25) is 0 Å². The molecule has 2 amide bonds. The molecule has 9 heteroatoms. The maximum absolute atomic E-state index is 12.7. The number of carbonyl (C=O) groups excluding carboxylic acids is 2. The summed E-state index contributed by atoms with van der Waals surface area (Å²) in [4.78, 5) is 25.0. The Morgan fingerprint density at radius 3 is 1.40 bits per heavy atom. The number of nitrogens with one attached hydrogen (secondary N) is 2. The maximum Gasteiger partial charge on any atom is 0.220 e. The lowest BCUT2D eigenvalue weighted by Crippen LogP contribution is -2.40. The molecule has 0 fully saturated rings. The van der Waals surface area contributed by atoms with Crippen LogP contribution < -0.4 is 10.6 Å². The Hall–Kier alpha value is -5.32. The van der Waals surface area contributed by atoms with Crippen LogP contribution in [0.1, 0.15) is 65.6 Å². The highest BCUT2D eigenvalue weighted by molar-refractivity contribution is 5.77. The van der Waals surface area contributed by atoms with Gasteiger partial charge in [0.05, 0.1) is 57.3 Å². The number of aryl methyl sites for hydroxylation is 4. The minimum atomic E-state index is -0.543. The average Bonchev–Trinajstić information content (AvgIpc) is 3.24. The molecule has 0 heterocycles. The molecule has 9 nitrogen and oxygen atoms in total. The van der Waals surface area contributed by atoms with E-state index in [4.69, 9.17) is 14.2 Å². The van der Waals surface area contributed by atoms with Crippen molar-refractivity contribution in [2.45, 2.75) is 97.1 Å². The van der Waals surface area contributed by atoms with Crippen molar-refractivity contribution in [1.82, 2.24) is 10.6 Å². The number of aliphatic hydroxyl groups excluding tert-OH is 1. The minimum Gasteiger partial charge on any atom is -0.508 e. The Labute approximate surface area is 357 Å². The highest BCUT2D eigenvalue weighted by atomic mass is 16.5. The van der Waals surface area contributed by atoms with Crippen molar-refractivity contribution >= 4 is 11.8 Å². The number of amides is 2. The predicted molar refractivity (Wildman–Crippen MR) is 239 cm³/mol. The zero-order valence-electron chi connectivity index (χ0n) is 35.7. The van der Waals surface area contributed by atoms with Crippen molar-refractivity contribution < 1.29 is 34.0 Å². The summed E-state index contributed by atoms with van der Waals surface area (Å²) in [5.74, 6) is 0.231. The summed E-state index contributed by atoms with van der Waals surface area (Å²) in [7, 11) is 0. The van der Waals surface area contributed by atoms with Crippen LogP contribution in [0.5, 0.6) is 5.75 Å². The van der Waals surface area contributed by atoms with Crippen molar-refractivity contribution in [3.8, 4) is 5.75 Å². The molecule has 0 saturated carbocycles. The number of hydrogen-bond donors (Lipinski definition) is 4. The monoisotopic (exact) mass is 816 g/mol. The first-order valence-electron chi connectivity index (χ1n) is 21.0. The number of benzene rings is 5. The molecule has 0 spiro atoms. The van der Waals surface area contributed by atoms with E-state index in [2.05, 4.69) is 85.1 Å². The standard InChI is InChI=1S/C30H37NO3.C21H27NO4/c1-23-9-13-27(14-10-23)19-29(31-30(32)18-17-26-7-5-4-6-8-26)22-33-20-25(3)34-21-28-15-11-24(2)12-16-28;1-16(23)14-26-15-19(13-18-7-10-20(24)11-8-18)22-21(25)12-9-17-5-3-2-4-6-17/h4-16,25,29H,17-22H2,1-3H3,(H,31,32);2-8,10-11,16,19,23-24H,9,12-15H2,1H3,(H,22,25). The van der Waals surface area contributed by atoms with E-state index in [1.54, 1.807) is 19.1 Å². The molecule has 4 N–H and O–H groups in total. The number of ether oxygens (including phenoxy) is 3. The van der Waals surface area contributed by atoms with Crippen LogP contribution in [0, 0.1) is 13.8 Å². The van der Waals surface area contributed by atoms with Gasteiger partial charge >= 0.3 is 0 Å². The lowest BCUT2D eigenvalue weighted by atomic mass is 10.0. The summed E-state index contributed by atoms with van der Waals surface area (Å²) < 4.78 is 17.4. The van der Waals surface area contributed by atoms with Crippen LogP contribution in [0.3, 0.4) is 0 Å². The van der Waals surface area contributed by atoms with Gasteiger partial charge in [-0.1, -0.05) is 132 Å². The first kappa shape index (κ1) is 47.4. The van der Waals surface area contributed by atoms with Gasteiger partial charge in [-0.3, -0.25) is 9.59 Å². The van der Waals surface area contributed by atoms with Gasteiger partial charge in [-0.05, 0) is 93.3 Å². The molecule has 0 bridgehead atoms. The molecule has 0 aliphatic heterocycles. The minimum absolute atomic E-state index is 0.0294. The van der Waals surface area contributed by atoms with E-state index >= 15 is 0 Å². The number of phenols is 1. The maximum atomic E-state index is 12.7. The third-order valence-corrected chi connectivity index (χ3v) is 9.72. The molecule has 0 aromatic heterocycles. The Morgan fingerprint density at radius 2 is 0.950 bits per heavy atom. The van der Waals surface area contributed by atoms with Crippen LogP contribution in [0.4, 0.5) is 0 Å². The first-order chi connectivity index (χ1) is 29.0. The topological polar surface area (TPSA) is 126 Å². The normalized spacial score (nSPS) is 12.9. The largest absolute Gasteiger partial charge is 0.508 e. The van der Waals surface area contributed by atoms with Crippen LogP contribution in [0.25, 0.3) is 0 Å². The molecule has 4 atom stereocenters. The molecule has 4 unspecified atom stereocenters. The van der Waals surface area contributed by atoms with Crippen LogP contribution >= 0.6 is 0 Å². The van der Waals surface area contributed by atoms with Crippen molar-refractivity contribution in [3.05, 3.63) is 172 Å². The third kappa shape index (κ3) is 20.1. The molecule has 320 valence electrons. The van der Waals surface area contributed by atoms with Crippen molar-refractivity contribution in [2.24, 2.45) is 0 Å². The zero-order chi connectivity index (χ0) is 43.0.